The topological polar surface area (TPSA) is 38.1 Å². The maximum absolute atomic E-state index is 5.60. The lowest BCUT2D eigenvalue weighted by atomic mass is 10.1. The molecule has 1 aliphatic rings. The van der Waals surface area contributed by atoms with E-state index in [9.17, 15) is 0 Å². The number of hydrogen-bond donors (Lipinski definition) is 1. The molecule has 0 bridgehead atoms. The summed E-state index contributed by atoms with van der Waals surface area (Å²) in [5.41, 5.74) is 0. The summed E-state index contributed by atoms with van der Waals surface area (Å²) in [6, 6.07) is 4.51. The third-order valence-electron chi connectivity index (χ3n) is 3.26. The van der Waals surface area contributed by atoms with E-state index >= 15 is 0 Å². The Morgan fingerprint density at radius 2 is 2.33 bits per heavy atom. The molecule has 96 valence electrons. The summed E-state index contributed by atoms with van der Waals surface area (Å²) in [6.07, 6.45) is 4.48. The minimum atomic E-state index is 0.200. The van der Waals surface area contributed by atoms with Crippen LogP contribution in [0.2, 0.25) is 0 Å². The Labute approximate surface area is 119 Å². The molecule has 3 rings (SSSR count). The van der Waals surface area contributed by atoms with E-state index < -0.39 is 0 Å². The monoisotopic (exact) mass is 326 g/mol. The molecule has 2 aromatic heterocycles. The molecule has 1 saturated carbocycles. The van der Waals surface area contributed by atoms with Gasteiger partial charge in [0.15, 0.2) is 4.67 Å². The predicted octanol–water partition coefficient (Wildman–Crippen LogP) is 4.30. The highest BCUT2D eigenvalue weighted by molar-refractivity contribution is 9.10. The molecule has 1 N–H and O–H groups in total. The van der Waals surface area contributed by atoms with Crippen molar-refractivity contribution in [2.45, 2.75) is 31.8 Å². The van der Waals surface area contributed by atoms with Gasteiger partial charge in [-0.15, -0.1) is 11.3 Å². The van der Waals surface area contributed by atoms with E-state index in [2.05, 4.69) is 33.2 Å². The van der Waals surface area contributed by atoms with E-state index in [1.165, 1.54) is 17.8 Å². The number of nitrogens with zero attached hydrogens (tertiary/aromatic N) is 1. The van der Waals surface area contributed by atoms with Crippen LogP contribution in [0.15, 0.2) is 32.8 Å². The fraction of sp³-hybridized carbons (Fsp3) is 0.462. The molecule has 0 aliphatic heterocycles. The zero-order valence-electron chi connectivity index (χ0n) is 10.1. The third-order valence-corrected chi connectivity index (χ3v) is 4.55. The van der Waals surface area contributed by atoms with Gasteiger partial charge in [0.25, 0.3) is 0 Å². The van der Waals surface area contributed by atoms with Gasteiger partial charge >= 0.3 is 0 Å². The number of aromatic nitrogens is 1. The molecule has 2 heterocycles. The molecule has 1 fully saturated rings. The van der Waals surface area contributed by atoms with Gasteiger partial charge in [0.2, 0.25) is 0 Å². The minimum absolute atomic E-state index is 0.200. The van der Waals surface area contributed by atoms with Crippen molar-refractivity contribution in [3.63, 3.8) is 0 Å². The van der Waals surface area contributed by atoms with E-state index in [1.54, 1.807) is 11.3 Å². The Balaban J connectivity index is 1.73. The van der Waals surface area contributed by atoms with Crippen LogP contribution in [0.5, 0.6) is 0 Å². The zero-order valence-corrected chi connectivity index (χ0v) is 12.5. The van der Waals surface area contributed by atoms with Gasteiger partial charge in [-0.3, -0.25) is 5.32 Å². The third kappa shape index (κ3) is 2.68. The van der Waals surface area contributed by atoms with Crippen LogP contribution in [0.3, 0.4) is 0 Å². The summed E-state index contributed by atoms with van der Waals surface area (Å²) in [5, 5.41) is 6.88. The van der Waals surface area contributed by atoms with Crippen LogP contribution in [0.25, 0.3) is 0 Å². The highest BCUT2D eigenvalue weighted by Gasteiger charge is 2.35. The maximum atomic E-state index is 5.60. The summed E-state index contributed by atoms with van der Waals surface area (Å²) in [5.74, 6) is 1.70. The lowest BCUT2D eigenvalue weighted by molar-refractivity contribution is 0.365. The Bertz CT molecular complexity index is 507. The highest BCUT2D eigenvalue weighted by atomic mass is 79.9. The lowest BCUT2D eigenvalue weighted by Crippen LogP contribution is -2.25. The van der Waals surface area contributed by atoms with Crippen LogP contribution in [0, 0.1) is 5.92 Å². The first kappa shape index (κ1) is 12.4. The second kappa shape index (κ2) is 5.15. The van der Waals surface area contributed by atoms with Crippen LogP contribution < -0.4 is 5.32 Å². The summed E-state index contributed by atoms with van der Waals surface area (Å²) >= 11 is 5.07. The van der Waals surface area contributed by atoms with Crippen molar-refractivity contribution in [2.75, 3.05) is 0 Å². The van der Waals surface area contributed by atoms with Gasteiger partial charge in [-0.2, -0.15) is 0 Å². The molecular weight excluding hydrogens is 312 g/mol. The van der Waals surface area contributed by atoms with E-state index in [-0.39, 0.29) is 6.04 Å². The normalized spacial score (nSPS) is 18.8. The SMILES string of the molecule is C[C@H](N[C@H](c1nccs1)C1CC1)c1ccc(Br)o1. The van der Waals surface area contributed by atoms with Crippen molar-refractivity contribution < 1.29 is 4.42 Å². The molecule has 18 heavy (non-hydrogen) atoms. The van der Waals surface area contributed by atoms with Gasteiger partial charge < -0.3 is 4.42 Å². The molecule has 0 unspecified atom stereocenters. The van der Waals surface area contributed by atoms with Gasteiger partial charge in [0.05, 0.1) is 12.1 Å². The van der Waals surface area contributed by atoms with E-state index in [0.717, 1.165) is 16.3 Å². The lowest BCUT2D eigenvalue weighted by Gasteiger charge is -2.20. The van der Waals surface area contributed by atoms with E-state index in [1.807, 2.05) is 23.7 Å². The van der Waals surface area contributed by atoms with Crippen molar-refractivity contribution in [2.24, 2.45) is 5.92 Å². The Morgan fingerprint density at radius 3 is 2.89 bits per heavy atom. The molecule has 2 atom stereocenters. The predicted molar refractivity (Wildman–Crippen MR) is 75.5 cm³/mol. The maximum Gasteiger partial charge on any atom is 0.169 e. The Hall–Kier alpha value is -0.650. The fourth-order valence-electron chi connectivity index (χ4n) is 2.14. The molecule has 5 heteroatoms. The Morgan fingerprint density at radius 1 is 1.50 bits per heavy atom. The van der Waals surface area contributed by atoms with Crippen molar-refractivity contribution in [3.8, 4) is 0 Å². The van der Waals surface area contributed by atoms with Gasteiger partial charge in [0, 0.05) is 11.6 Å². The molecule has 0 aromatic carbocycles. The Kier molecular flexibility index (Phi) is 3.54. The molecule has 0 radical (unpaired) electrons. The molecule has 0 spiro atoms. The fourth-order valence-corrected chi connectivity index (χ4v) is 3.25. The molecule has 0 amide bonds. The van der Waals surface area contributed by atoms with Gasteiger partial charge in [0.1, 0.15) is 10.8 Å². The van der Waals surface area contributed by atoms with Crippen LogP contribution in [-0.4, -0.2) is 4.98 Å². The second-order valence-electron chi connectivity index (χ2n) is 4.72. The minimum Gasteiger partial charge on any atom is -0.453 e. The average molecular weight is 327 g/mol. The van der Waals surface area contributed by atoms with E-state index in [4.69, 9.17) is 4.42 Å². The van der Waals surface area contributed by atoms with Gasteiger partial charge in [-0.05, 0) is 53.7 Å². The molecule has 2 aromatic rings. The van der Waals surface area contributed by atoms with Crippen LogP contribution in [0.4, 0.5) is 0 Å². The molecular formula is C13H15BrN2OS. The first-order valence-corrected chi connectivity index (χ1v) is 7.82. The number of halogens is 1. The summed E-state index contributed by atoms with van der Waals surface area (Å²) in [4.78, 5) is 4.45. The molecule has 0 saturated heterocycles. The van der Waals surface area contributed by atoms with Crippen LogP contribution >= 0.6 is 27.3 Å². The van der Waals surface area contributed by atoms with Crippen molar-refractivity contribution >= 4 is 27.3 Å². The molecule has 3 nitrogen and oxygen atoms in total. The van der Waals surface area contributed by atoms with Crippen LogP contribution in [0.1, 0.15) is 42.6 Å². The quantitative estimate of drug-likeness (QED) is 0.890. The number of hydrogen-bond acceptors (Lipinski definition) is 4. The number of nitrogens with one attached hydrogen (secondary N) is 1. The molecule has 1 aliphatic carbocycles. The van der Waals surface area contributed by atoms with Crippen molar-refractivity contribution in [3.05, 3.63) is 39.1 Å². The van der Waals surface area contributed by atoms with E-state index in [0.29, 0.717) is 6.04 Å². The smallest absolute Gasteiger partial charge is 0.169 e. The number of thiazole rings is 1. The van der Waals surface area contributed by atoms with Crippen molar-refractivity contribution in [1.82, 2.24) is 10.3 Å². The first-order valence-electron chi connectivity index (χ1n) is 6.14. The van der Waals surface area contributed by atoms with Gasteiger partial charge in [-0.1, -0.05) is 0 Å². The standard InChI is InChI=1S/C13H15BrN2OS/c1-8(10-4-5-11(14)17-10)16-12(9-2-3-9)13-15-6-7-18-13/h4-9,12,16H,2-3H2,1H3/t8-,12-/m0/s1. The van der Waals surface area contributed by atoms with Gasteiger partial charge in [-0.25, -0.2) is 4.98 Å². The number of furan rings is 1. The highest BCUT2D eigenvalue weighted by Crippen LogP contribution is 2.42. The largest absolute Gasteiger partial charge is 0.453 e. The summed E-state index contributed by atoms with van der Waals surface area (Å²) in [7, 11) is 0. The first-order chi connectivity index (χ1) is 8.74. The summed E-state index contributed by atoms with van der Waals surface area (Å²) in [6.45, 7) is 2.13. The number of rotatable bonds is 5. The second-order valence-corrected chi connectivity index (χ2v) is 6.42. The van der Waals surface area contributed by atoms with Crippen LogP contribution in [-0.2, 0) is 0 Å². The summed E-state index contributed by atoms with van der Waals surface area (Å²) < 4.78 is 6.38. The average Bonchev–Trinajstić information content (AvgIpc) is 2.88. The zero-order chi connectivity index (χ0) is 12.5. The van der Waals surface area contributed by atoms with Crippen molar-refractivity contribution in [1.29, 1.82) is 0 Å².